The predicted molar refractivity (Wildman–Crippen MR) is 51.8 cm³/mol. The summed E-state index contributed by atoms with van der Waals surface area (Å²) >= 11 is 0. The summed E-state index contributed by atoms with van der Waals surface area (Å²) in [6.45, 7) is 5.83. The van der Waals surface area contributed by atoms with Crippen LogP contribution in [-0.2, 0) is 9.53 Å². The van der Waals surface area contributed by atoms with E-state index in [4.69, 9.17) is 4.74 Å². The highest BCUT2D eigenvalue weighted by atomic mass is 19.1. The van der Waals surface area contributed by atoms with E-state index in [-0.39, 0.29) is 18.4 Å². The lowest BCUT2D eigenvalue weighted by Gasteiger charge is -2.20. The van der Waals surface area contributed by atoms with Gasteiger partial charge in [-0.3, -0.25) is 4.79 Å². The number of esters is 1. The summed E-state index contributed by atoms with van der Waals surface area (Å²) in [5.74, 6) is -0.260. The Balaban J connectivity index is 2.27. The molecule has 4 heteroatoms. The largest absolute Gasteiger partial charge is 0.460 e. The number of hydrogen-bond donors (Lipinski definition) is 1. The molecule has 0 bridgehead atoms. The first-order valence-electron chi connectivity index (χ1n) is 4.96. The molecule has 1 aliphatic rings. The number of hydrogen-bond acceptors (Lipinski definition) is 3. The molecule has 0 aromatic rings. The third-order valence-corrected chi connectivity index (χ3v) is 2.00. The molecule has 0 spiro atoms. The van der Waals surface area contributed by atoms with Crippen LogP contribution >= 0.6 is 0 Å². The standard InChI is InChI=1S/C10H18FNO2/c1-10(2,3)14-9(13)5-8-4-7(11)6-12-8/h7-8,12H,4-6H2,1-3H3/t7-,8+/m0/s1. The fraction of sp³-hybridized carbons (Fsp3) is 0.900. The summed E-state index contributed by atoms with van der Waals surface area (Å²) in [5.41, 5.74) is -0.454. The summed E-state index contributed by atoms with van der Waals surface area (Å²) in [7, 11) is 0. The lowest BCUT2D eigenvalue weighted by atomic mass is 10.1. The Hall–Kier alpha value is -0.640. The van der Waals surface area contributed by atoms with Gasteiger partial charge in [-0.15, -0.1) is 0 Å². The predicted octanol–water partition coefficient (Wildman–Crippen LogP) is 1.42. The molecule has 1 N–H and O–H groups in total. The zero-order chi connectivity index (χ0) is 10.8. The van der Waals surface area contributed by atoms with Gasteiger partial charge in [0.05, 0.1) is 6.42 Å². The van der Waals surface area contributed by atoms with Gasteiger partial charge in [-0.05, 0) is 27.2 Å². The smallest absolute Gasteiger partial charge is 0.307 e. The average molecular weight is 203 g/mol. The van der Waals surface area contributed by atoms with Crippen LogP contribution in [0.1, 0.15) is 33.6 Å². The van der Waals surface area contributed by atoms with Crippen molar-refractivity contribution in [2.45, 2.75) is 51.4 Å². The molecule has 0 aromatic heterocycles. The molecule has 0 unspecified atom stereocenters. The van der Waals surface area contributed by atoms with E-state index >= 15 is 0 Å². The summed E-state index contributed by atoms with van der Waals surface area (Å²) in [6.07, 6.45) is -0.140. The second kappa shape index (κ2) is 4.26. The molecule has 1 aliphatic heterocycles. The second-order valence-electron chi connectivity index (χ2n) is 4.73. The first kappa shape index (κ1) is 11.4. The first-order chi connectivity index (χ1) is 6.37. The van der Waals surface area contributed by atoms with Crippen LogP contribution in [0.5, 0.6) is 0 Å². The number of alkyl halides is 1. The van der Waals surface area contributed by atoms with Gasteiger partial charge in [-0.1, -0.05) is 0 Å². The molecule has 2 atom stereocenters. The van der Waals surface area contributed by atoms with Crippen LogP contribution in [0.25, 0.3) is 0 Å². The Labute approximate surface area is 84.0 Å². The van der Waals surface area contributed by atoms with Crippen LogP contribution in [0.4, 0.5) is 4.39 Å². The lowest BCUT2D eigenvalue weighted by Crippen LogP contribution is -2.30. The zero-order valence-corrected chi connectivity index (χ0v) is 8.97. The van der Waals surface area contributed by atoms with Crippen LogP contribution in [0.15, 0.2) is 0 Å². The fourth-order valence-electron chi connectivity index (χ4n) is 1.51. The maximum absolute atomic E-state index is 12.7. The monoisotopic (exact) mass is 203 g/mol. The minimum absolute atomic E-state index is 0.0557. The van der Waals surface area contributed by atoms with Gasteiger partial charge in [0.1, 0.15) is 11.8 Å². The summed E-state index contributed by atoms with van der Waals surface area (Å²) < 4.78 is 17.9. The molecular formula is C10H18FNO2. The fourth-order valence-corrected chi connectivity index (χ4v) is 1.51. The van der Waals surface area contributed by atoms with E-state index in [2.05, 4.69) is 5.32 Å². The van der Waals surface area contributed by atoms with Crippen molar-refractivity contribution in [3.8, 4) is 0 Å². The number of rotatable bonds is 2. The quantitative estimate of drug-likeness (QED) is 0.690. The van der Waals surface area contributed by atoms with Crippen LogP contribution < -0.4 is 5.32 Å². The molecule has 0 saturated carbocycles. The number of carbonyl (C=O) groups is 1. The van der Waals surface area contributed by atoms with Crippen molar-refractivity contribution in [2.75, 3.05) is 6.54 Å². The maximum atomic E-state index is 12.7. The van der Waals surface area contributed by atoms with Crippen molar-refractivity contribution in [3.05, 3.63) is 0 Å². The van der Waals surface area contributed by atoms with Crippen LogP contribution in [0.2, 0.25) is 0 Å². The highest BCUT2D eigenvalue weighted by Crippen LogP contribution is 2.15. The Morgan fingerprint density at radius 2 is 2.21 bits per heavy atom. The molecule has 1 fully saturated rings. The Morgan fingerprint density at radius 3 is 2.64 bits per heavy atom. The van der Waals surface area contributed by atoms with Crippen LogP contribution in [-0.4, -0.2) is 30.3 Å². The zero-order valence-electron chi connectivity index (χ0n) is 8.97. The molecule has 82 valence electrons. The summed E-state index contributed by atoms with van der Waals surface area (Å²) in [4.78, 5) is 11.3. The number of carbonyl (C=O) groups excluding carboxylic acids is 1. The summed E-state index contributed by atoms with van der Waals surface area (Å²) in [5, 5.41) is 2.95. The maximum Gasteiger partial charge on any atom is 0.307 e. The first-order valence-corrected chi connectivity index (χ1v) is 4.96. The molecule has 0 radical (unpaired) electrons. The topological polar surface area (TPSA) is 38.3 Å². The molecule has 0 aliphatic carbocycles. The van der Waals surface area contributed by atoms with E-state index in [1.54, 1.807) is 0 Å². The van der Waals surface area contributed by atoms with Crippen molar-refractivity contribution >= 4 is 5.97 Å². The van der Waals surface area contributed by atoms with Gasteiger partial charge in [-0.2, -0.15) is 0 Å². The van der Waals surface area contributed by atoms with E-state index in [0.717, 1.165) is 0 Å². The van der Waals surface area contributed by atoms with E-state index in [0.29, 0.717) is 13.0 Å². The van der Waals surface area contributed by atoms with Gasteiger partial charge >= 0.3 is 5.97 Å². The number of ether oxygens (including phenoxy) is 1. The van der Waals surface area contributed by atoms with Gasteiger partial charge in [0.25, 0.3) is 0 Å². The lowest BCUT2D eigenvalue weighted by molar-refractivity contribution is -0.155. The van der Waals surface area contributed by atoms with Gasteiger partial charge in [0.15, 0.2) is 0 Å². The molecular weight excluding hydrogens is 185 g/mol. The van der Waals surface area contributed by atoms with E-state index in [1.165, 1.54) is 0 Å². The van der Waals surface area contributed by atoms with Crippen LogP contribution in [0, 0.1) is 0 Å². The third kappa shape index (κ3) is 4.05. The van der Waals surface area contributed by atoms with Crippen molar-refractivity contribution < 1.29 is 13.9 Å². The van der Waals surface area contributed by atoms with Crippen molar-refractivity contribution in [3.63, 3.8) is 0 Å². The van der Waals surface area contributed by atoms with Crippen molar-refractivity contribution in [1.29, 1.82) is 0 Å². The molecule has 1 heterocycles. The van der Waals surface area contributed by atoms with Gasteiger partial charge in [-0.25, -0.2) is 4.39 Å². The normalized spacial score (nSPS) is 27.7. The molecule has 0 aromatic carbocycles. The Morgan fingerprint density at radius 1 is 1.57 bits per heavy atom. The van der Waals surface area contributed by atoms with E-state index in [1.807, 2.05) is 20.8 Å². The van der Waals surface area contributed by atoms with Crippen molar-refractivity contribution in [1.82, 2.24) is 5.32 Å². The van der Waals surface area contributed by atoms with Gasteiger partial charge in [0.2, 0.25) is 0 Å². The molecule has 1 saturated heterocycles. The number of nitrogens with one attached hydrogen (secondary N) is 1. The molecule has 3 nitrogen and oxygen atoms in total. The van der Waals surface area contributed by atoms with Crippen molar-refractivity contribution in [2.24, 2.45) is 0 Å². The van der Waals surface area contributed by atoms with Crippen LogP contribution in [0.3, 0.4) is 0 Å². The van der Waals surface area contributed by atoms with E-state index < -0.39 is 11.8 Å². The van der Waals surface area contributed by atoms with E-state index in [9.17, 15) is 9.18 Å². The average Bonchev–Trinajstić information content (AvgIpc) is 2.30. The molecule has 14 heavy (non-hydrogen) atoms. The second-order valence-corrected chi connectivity index (χ2v) is 4.73. The Kier molecular flexibility index (Phi) is 3.48. The minimum atomic E-state index is -0.817. The number of halogens is 1. The highest BCUT2D eigenvalue weighted by Gasteiger charge is 2.27. The van der Waals surface area contributed by atoms with Gasteiger partial charge in [0, 0.05) is 12.6 Å². The molecule has 0 amide bonds. The van der Waals surface area contributed by atoms with Gasteiger partial charge < -0.3 is 10.1 Å². The minimum Gasteiger partial charge on any atom is -0.460 e. The third-order valence-electron chi connectivity index (χ3n) is 2.00. The Bertz CT molecular complexity index is 213. The summed E-state index contributed by atoms with van der Waals surface area (Å²) in [6, 6.07) is -0.0557. The highest BCUT2D eigenvalue weighted by molar-refractivity contribution is 5.70. The SMILES string of the molecule is CC(C)(C)OC(=O)C[C@H]1C[C@H](F)CN1. The molecule has 1 rings (SSSR count).